The van der Waals surface area contributed by atoms with Crippen molar-refractivity contribution in [3.63, 3.8) is 0 Å². The van der Waals surface area contributed by atoms with Gasteiger partial charge < -0.3 is 9.72 Å². The summed E-state index contributed by atoms with van der Waals surface area (Å²) in [6.45, 7) is 10.5. The molecule has 0 aliphatic carbocycles. The number of fused-ring (bicyclic) bond motifs is 1. The second kappa shape index (κ2) is 9.62. The Labute approximate surface area is 166 Å². The molecule has 2 heterocycles. The topological polar surface area (TPSA) is 57.4 Å². The standard InChI is InChI=1S/C21H27N3O2.ClH/c1-4-5-12-26-21(25)23-17-6-7-20-18(13-17)19(14-22-20)16-8-10-24(11-9-16)15(2)3;/h4,6-8,13-15,22H,1,5,9-12H2,2-3H3,(H,23,25);1H. The van der Waals surface area contributed by atoms with Crippen molar-refractivity contribution in [3.05, 3.63) is 48.7 Å². The lowest BCUT2D eigenvalue weighted by molar-refractivity contribution is 0.164. The molecule has 146 valence electrons. The van der Waals surface area contributed by atoms with Crippen LogP contribution in [0, 0.1) is 0 Å². The molecule has 0 saturated carbocycles. The molecule has 0 bridgehead atoms. The number of nitrogens with one attached hydrogen (secondary N) is 2. The van der Waals surface area contributed by atoms with E-state index in [-0.39, 0.29) is 12.4 Å². The number of anilines is 1. The number of rotatable bonds is 6. The molecule has 0 atom stereocenters. The Hall–Kier alpha value is -2.24. The third-order valence-electron chi connectivity index (χ3n) is 4.80. The lowest BCUT2D eigenvalue weighted by Gasteiger charge is -2.29. The van der Waals surface area contributed by atoms with Crippen LogP contribution >= 0.6 is 12.4 Å². The Balaban J connectivity index is 0.00000261. The van der Waals surface area contributed by atoms with E-state index in [1.165, 1.54) is 11.1 Å². The number of hydrogen-bond acceptors (Lipinski definition) is 3. The van der Waals surface area contributed by atoms with E-state index in [9.17, 15) is 4.79 Å². The molecule has 6 heteroatoms. The van der Waals surface area contributed by atoms with Gasteiger partial charge in [-0.25, -0.2) is 4.79 Å². The molecule has 0 spiro atoms. The molecule has 0 unspecified atom stereocenters. The zero-order valence-corrected chi connectivity index (χ0v) is 16.8. The molecular formula is C21H28ClN3O2. The van der Waals surface area contributed by atoms with Crippen LogP contribution in [0.25, 0.3) is 16.5 Å². The van der Waals surface area contributed by atoms with Gasteiger partial charge in [0.1, 0.15) is 0 Å². The molecule has 1 aliphatic heterocycles. The number of H-pyrrole nitrogens is 1. The molecule has 1 amide bonds. The minimum absolute atomic E-state index is 0. The van der Waals surface area contributed by atoms with Crippen LogP contribution in [0.2, 0.25) is 0 Å². The van der Waals surface area contributed by atoms with E-state index < -0.39 is 6.09 Å². The van der Waals surface area contributed by atoms with Gasteiger partial charge in [-0.15, -0.1) is 19.0 Å². The molecule has 0 fully saturated rings. The maximum absolute atomic E-state index is 11.9. The summed E-state index contributed by atoms with van der Waals surface area (Å²) in [6.07, 6.45) is 7.35. The number of ether oxygens (including phenoxy) is 1. The zero-order valence-electron chi connectivity index (χ0n) is 16.0. The van der Waals surface area contributed by atoms with Gasteiger partial charge in [-0.05, 0) is 50.5 Å². The molecule has 2 aromatic rings. The van der Waals surface area contributed by atoms with Crippen LogP contribution in [0.5, 0.6) is 0 Å². The Bertz CT molecular complexity index is 826. The maximum Gasteiger partial charge on any atom is 0.411 e. The summed E-state index contributed by atoms with van der Waals surface area (Å²) >= 11 is 0. The van der Waals surface area contributed by atoms with E-state index in [1.807, 2.05) is 18.2 Å². The summed E-state index contributed by atoms with van der Waals surface area (Å²) in [6, 6.07) is 6.44. The molecule has 27 heavy (non-hydrogen) atoms. The van der Waals surface area contributed by atoms with Gasteiger partial charge in [-0.1, -0.05) is 12.2 Å². The monoisotopic (exact) mass is 389 g/mol. The lowest BCUT2D eigenvalue weighted by Crippen LogP contribution is -2.34. The Morgan fingerprint density at radius 2 is 2.26 bits per heavy atom. The molecule has 0 saturated heterocycles. The maximum atomic E-state index is 11.9. The SMILES string of the molecule is C=CCCOC(=O)Nc1ccc2[nH]cc(C3=CCN(C(C)C)CC3)c2c1.Cl. The molecule has 3 rings (SSSR count). The Kier molecular flexibility index (Phi) is 7.51. The van der Waals surface area contributed by atoms with Crippen molar-refractivity contribution in [2.75, 3.05) is 25.0 Å². The van der Waals surface area contributed by atoms with Crippen LogP contribution in [0.4, 0.5) is 10.5 Å². The van der Waals surface area contributed by atoms with E-state index in [2.05, 4.69) is 47.9 Å². The van der Waals surface area contributed by atoms with Gasteiger partial charge in [0, 0.05) is 47.5 Å². The van der Waals surface area contributed by atoms with Gasteiger partial charge in [0.2, 0.25) is 0 Å². The van der Waals surface area contributed by atoms with Crippen molar-refractivity contribution in [2.45, 2.75) is 32.7 Å². The van der Waals surface area contributed by atoms with E-state index in [0.29, 0.717) is 19.1 Å². The number of halogens is 1. The summed E-state index contributed by atoms with van der Waals surface area (Å²) < 4.78 is 5.11. The lowest BCUT2D eigenvalue weighted by atomic mass is 9.98. The van der Waals surface area contributed by atoms with Gasteiger partial charge in [0.15, 0.2) is 0 Å². The van der Waals surface area contributed by atoms with Crippen LogP contribution in [0.1, 0.15) is 32.3 Å². The van der Waals surface area contributed by atoms with Gasteiger partial charge >= 0.3 is 6.09 Å². The van der Waals surface area contributed by atoms with E-state index >= 15 is 0 Å². The van der Waals surface area contributed by atoms with Crippen LogP contribution in [0.15, 0.2) is 43.1 Å². The molecule has 5 nitrogen and oxygen atoms in total. The number of carbonyl (C=O) groups excluding carboxylic acids is 1. The van der Waals surface area contributed by atoms with Crippen LogP contribution in [-0.2, 0) is 4.74 Å². The summed E-state index contributed by atoms with van der Waals surface area (Å²) in [5.41, 5.74) is 4.38. The van der Waals surface area contributed by atoms with Crippen molar-refractivity contribution < 1.29 is 9.53 Å². The summed E-state index contributed by atoms with van der Waals surface area (Å²) in [5, 5.41) is 3.92. The quantitative estimate of drug-likeness (QED) is 0.526. The number of aromatic amines is 1. The number of carbonyl (C=O) groups is 1. The smallest absolute Gasteiger partial charge is 0.411 e. The van der Waals surface area contributed by atoms with E-state index in [1.54, 1.807) is 6.08 Å². The molecule has 1 aliphatic rings. The van der Waals surface area contributed by atoms with Gasteiger partial charge in [0.05, 0.1) is 6.61 Å². The fourth-order valence-electron chi connectivity index (χ4n) is 3.25. The van der Waals surface area contributed by atoms with Crippen molar-refractivity contribution in [1.29, 1.82) is 0 Å². The zero-order chi connectivity index (χ0) is 18.5. The molecule has 1 aromatic heterocycles. The fraction of sp³-hybridized carbons (Fsp3) is 0.381. The highest BCUT2D eigenvalue weighted by Gasteiger charge is 2.17. The molecular weight excluding hydrogens is 362 g/mol. The van der Waals surface area contributed by atoms with E-state index in [4.69, 9.17) is 4.74 Å². The van der Waals surface area contributed by atoms with Gasteiger partial charge in [0.25, 0.3) is 0 Å². The normalized spacial score (nSPS) is 14.6. The highest BCUT2D eigenvalue weighted by atomic mass is 35.5. The number of hydrogen-bond donors (Lipinski definition) is 2. The average molecular weight is 390 g/mol. The number of benzene rings is 1. The Morgan fingerprint density at radius 1 is 1.44 bits per heavy atom. The minimum Gasteiger partial charge on any atom is -0.449 e. The van der Waals surface area contributed by atoms with Crippen molar-refractivity contribution >= 4 is 40.7 Å². The summed E-state index contributed by atoms with van der Waals surface area (Å²) in [4.78, 5) is 17.7. The fourth-order valence-corrected chi connectivity index (χ4v) is 3.25. The van der Waals surface area contributed by atoms with Gasteiger partial charge in [-0.2, -0.15) is 0 Å². The first kappa shape index (κ1) is 21.1. The first-order chi connectivity index (χ1) is 12.6. The summed E-state index contributed by atoms with van der Waals surface area (Å²) in [5.74, 6) is 0. The largest absolute Gasteiger partial charge is 0.449 e. The highest BCUT2D eigenvalue weighted by Crippen LogP contribution is 2.31. The number of nitrogens with zero attached hydrogens (tertiary/aromatic N) is 1. The highest BCUT2D eigenvalue weighted by molar-refractivity contribution is 5.96. The first-order valence-corrected chi connectivity index (χ1v) is 9.17. The van der Waals surface area contributed by atoms with Gasteiger partial charge in [-0.3, -0.25) is 10.2 Å². The second-order valence-electron chi connectivity index (χ2n) is 6.87. The molecule has 2 N–H and O–H groups in total. The predicted octanol–water partition coefficient (Wildman–Crippen LogP) is 5.21. The van der Waals surface area contributed by atoms with Crippen LogP contribution in [-0.4, -0.2) is 41.7 Å². The van der Waals surface area contributed by atoms with Crippen molar-refractivity contribution in [1.82, 2.24) is 9.88 Å². The minimum atomic E-state index is -0.437. The van der Waals surface area contributed by atoms with E-state index in [0.717, 1.165) is 36.1 Å². The molecule has 0 radical (unpaired) electrons. The second-order valence-corrected chi connectivity index (χ2v) is 6.87. The predicted molar refractivity (Wildman–Crippen MR) is 115 cm³/mol. The third-order valence-corrected chi connectivity index (χ3v) is 4.80. The van der Waals surface area contributed by atoms with Crippen LogP contribution < -0.4 is 5.32 Å². The molecule has 1 aromatic carbocycles. The van der Waals surface area contributed by atoms with Crippen molar-refractivity contribution in [2.24, 2.45) is 0 Å². The first-order valence-electron chi connectivity index (χ1n) is 9.17. The summed E-state index contributed by atoms with van der Waals surface area (Å²) in [7, 11) is 0. The Morgan fingerprint density at radius 3 is 2.93 bits per heavy atom. The third kappa shape index (κ3) is 5.15. The van der Waals surface area contributed by atoms with Crippen molar-refractivity contribution in [3.8, 4) is 0 Å². The average Bonchev–Trinajstić information content (AvgIpc) is 3.05. The number of aromatic nitrogens is 1. The van der Waals surface area contributed by atoms with Crippen LogP contribution in [0.3, 0.4) is 0 Å². The number of amides is 1.